The number of hydrogen-bond acceptors (Lipinski definition) is 3. The Labute approximate surface area is 147 Å². The summed E-state index contributed by atoms with van der Waals surface area (Å²) in [7, 11) is 1.67. The Morgan fingerprint density at radius 3 is 2.52 bits per heavy atom. The number of benzene rings is 2. The predicted molar refractivity (Wildman–Crippen MR) is 98.2 cm³/mol. The van der Waals surface area contributed by atoms with Crippen molar-refractivity contribution in [2.45, 2.75) is 32.9 Å². The van der Waals surface area contributed by atoms with Gasteiger partial charge in [0.05, 0.1) is 13.7 Å². The minimum Gasteiger partial charge on any atom is -0.493 e. The van der Waals surface area contributed by atoms with E-state index >= 15 is 0 Å². The van der Waals surface area contributed by atoms with Crippen LogP contribution in [0.15, 0.2) is 46.9 Å². The molecule has 2 aromatic carbocycles. The van der Waals surface area contributed by atoms with E-state index in [1.807, 2.05) is 18.2 Å². The maximum atomic E-state index is 5.93. The fourth-order valence-electron chi connectivity index (χ4n) is 2.38. The molecule has 0 bridgehead atoms. The molecule has 0 aliphatic rings. The first-order valence-corrected chi connectivity index (χ1v) is 8.73. The lowest BCUT2D eigenvalue weighted by molar-refractivity contribution is 0.289. The second-order valence-electron chi connectivity index (χ2n) is 5.42. The molecule has 0 fully saturated rings. The van der Waals surface area contributed by atoms with Gasteiger partial charge in [0, 0.05) is 22.6 Å². The Morgan fingerprint density at radius 2 is 1.87 bits per heavy atom. The molecule has 0 aromatic heterocycles. The van der Waals surface area contributed by atoms with Crippen molar-refractivity contribution in [3.8, 4) is 11.5 Å². The van der Waals surface area contributed by atoms with Crippen LogP contribution in [0.25, 0.3) is 0 Å². The Balaban J connectivity index is 2.17. The van der Waals surface area contributed by atoms with Gasteiger partial charge in [-0.25, -0.2) is 0 Å². The summed E-state index contributed by atoms with van der Waals surface area (Å²) in [5.41, 5.74) is 2.35. The van der Waals surface area contributed by atoms with Crippen LogP contribution in [0.5, 0.6) is 11.5 Å². The lowest BCUT2D eigenvalue weighted by Gasteiger charge is -2.19. The SMILES string of the molecule is CCCOc1c(OC)ccc(Br)c1CNC(C)c1ccccc1. The molecule has 0 aliphatic heterocycles. The molecule has 3 nitrogen and oxygen atoms in total. The van der Waals surface area contributed by atoms with Crippen LogP contribution in [-0.2, 0) is 6.54 Å². The molecule has 2 rings (SSSR count). The van der Waals surface area contributed by atoms with Crippen LogP contribution in [0.2, 0.25) is 0 Å². The summed E-state index contributed by atoms with van der Waals surface area (Å²) in [4.78, 5) is 0. The van der Waals surface area contributed by atoms with Gasteiger partial charge in [-0.3, -0.25) is 0 Å². The number of rotatable bonds is 8. The first-order chi connectivity index (χ1) is 11.2. The summed E-state index contributed by atoms with van der Waals surface area (Å²) < 4.78 is 12.4. The third-order valence-corrected chi connectivity index (χ3v) is 4.47. The molecular weight excluding hydrogens is 354 g/mol. The van der Waals surface area contributed by atoms with Crippen molar-refractivity contribution in [1.29, 1.82) is 0 Å². The minimum absolute atomic E-state index is 0.258. The Kier molecular flexibility index (Phi) is 6.93. The summed E-state index contributed by atoms with van der Waals surface area (Å²) in [5, 5.41) is 3.56. The Bertz CT molecular complexity index is 616. The third kappa shape index (κ3) is 4.72. The summed E-state index contributed by atoms with van der Waals surface area (Å²) in [5.74, 6) is 1.59. The number of ether oxygens (including phenoxy) is 2. The van der Waals surface area contributed by atoms with E-state index < -0.39 is 0 Å². The number of methoxy groups -OCH3 is 1. The molecule has 1 atom stereocenters. The van der Waals surface area contributed by atoms with Crippen LogP contribution in [0, 0.1) is 0 Å². The molecule has 0 saturated heterocycles. The van der Waals surface area contributed by atoms with E-state index in [0.29, 0.717) is 13.2 Å². The van der Waals surface area contributed by atoms with Crippen LogP contribution in [0.3, 0.4) is 0 Å². The van der Waals surface area contributed by atoms with Gasteiger partial charge in [-0.2, -0.15) is 0 Å². The average molecular weight is 378 g/mol. The van der Waals surface area contributed by atoms with Crippen LogP contribution in [0.1, 0.15) is 37.4 Å². The summed E-state index contributed by atoms with van der Waals surface area (Å²) >= 11 is 3.63. The van der Waals surface area contributed by atoms with Gasteiger partial charge >= 0.3 is 0 Å². The molecule has 0 aliphatic carbocycles. The molecular formula is C19H24BrNO2. The largest absolute Gasteiger partial charge is 0.493 e. The van der Waals surface area contributed by atoms with Gasteiger partial charge < -0.3 is 14.8 Å². The molecule has 0 amide bonds. The Morgan fingerprint density at radius 1 is 1.13 bits per heavy atom. The van der Waals surface area contributed by atoms with E-state index in [1.165, 1.54) is 5.56 Å². The van der Waals surface area contributed by atoms with Gasteiger partial charge in [-0.05, 0) is 31.0 Å². The van der Waals surface area contributed by atoms with E-state index in [-0.39, 0.29) is 6.04 Å². The van der Waals surface area contributed by atoms with E-state index in [1.54, 1.807) is 7.11 Å². The van der Waals surface area contributed by atoms with Crippen molar-refractivity contribution < 1.29 is 9.47 Å². The summed E-state index contributed by atoms with van der Waals surface area (Å²) in [6.07, 6.45) is 0.961. The lowest BCUT2D eigenvalue weighted by Crippen LogP contribution is -2.19. The number of hydrogen-bond donors (Lipinski definition) is 1. The van der Waals surface area contributed by atoms with Crippen molar-refractivity contribution in [3.05, 3.63) is 58.1 Å². The second kappa shape index (κ2) is 8.94. The van der Waals surface area contributed by atoms with Crippen molar-refractivity contribution in [2.24, 2.45) is 0 Å². The lowest BCUT2D eigenvalue weighted by atomic mass is 10.1. The van der Waals surface area contributed by atoms with Crippen molar-refractivity contribution in [3.63, 3.8) is 0 Å². The molecule has 0 heterocycles. The topological polar surface area (TPSA) is 30.5 Å². The standard InChI is InChI=1S/C19H24BrNO2/c1-4-12-23-19-16(17(20)10-11-18(19)22-3)13-21-14(2)15-8-6-5-7-9-15/h5-11,14,21H,4,12-13H2,1-3H3. The van der Waals surface area contributed by atoms with Crippen LogP contribution < -0.4 is 14.8 Å². The summed E-state index contributed by atoms with van der Waals surface area (Å²) in [6.45, 7) is 5.64. The number of nitrogens with one attached hydrogen (secondary N) is 1. The van der Waals surface area contributed by atoms with E-state index in [4.69, 9.17) is 9.47 Å². The van der Waals surface area contributed by atoms with Gasteiger partial charge in [0.2, 0.25) is 0 Å². The second-order valence-corrected chi connectivity index (χ2v) is 6.27. The minimum atomic E-state index is 0.258. The van der Waals surface area contributed by atoms with Gasteiger partial charge in [-0.15, -0.1) is 0 Å². The molecule has 0 spiro atoms. The molecule has 4 heteroatoms. The van der Waals surface area contributed by atoms with Crippen LogP contribution >= 0.6 is 15.9 Å². The molecule has 1 N–H and O–H groups in total. The number of halogens is 1. The van der Waals surface area contributed by atoms with Crippen molar-refractivity contribution >= 4 is 15.9 Å². The highest BCUT2D eigenvalue weighted by molar-refractivity contribution is 9.10. The third-order valence-electron chi connectivity index (χ3n) is 3.72. The highest BCUT2D eigenvalue weighted by Crippen LogP contribution is 2.36. The molecule has 0 radical (unpaired) electrons. The average Bonchev–Trinajstić information content (AvgIpc) is 2.59. The summed E-state index contributed by atoms with van der Waals surface area (Å²) in [6, 6.07) is 14.6. The predicted octanol–water partition coefficient (Wildman–Crippen LogP) is 5.10. The molecule has 23 heavy (non-hydrogen) atoms. The van der Waals surface area contributed by atoms with Gasteiger partial charge in [0.15, 0.2) is 11.5 Å². The molecule has 1 unspecified atom stereocenters. The van der Waals surface area contributed by atoms with Gasteiger partial charge in [-0.1, -0.05) is 53.2 Å². The maximum Gasteiger partial charge on any atom is 0.166 e. The smallest absolute Gasteiger partial charge is 0.166 e. The van der Waals surface area contributed by atoms with Crippen molar-refractivity contribution in [1.82, 2.24) is 5.32 Å². The quantitative estimate of drug-likeness (QED) is 0.694. The normalized spacial score (nSPS) is 12.0. The molecule has 2 aromatic rings. The zero-order chi connectivity index (χ0) is 16.7. The van der Waals surface area contributed by atoms with E-state index in [0.717, 1.165) is 28.0 Å². The first kappa shape index (κ1) is 17.8. The van der Waals surface area contributed by atoms with Crippen LogP contribution in [0.4, 0.5) is 0 Å². The Hall–Kier alpha value is -1.52. The zero-order valence-electron chi connectivity index (χ0n) is 13.9. The van der Waals surface area contributed by atoms with E-state index in [2.05, 4.69) is 59.4 Å². The van der Waals surface area contributed by atoms with Crippen molar-refractivity contribution in [2.75, 3.05) is 13.7 Å². The van der Waals surface area contributed by atoms with Gasteiger partial charge in [0.25, 0.3) is 0 Å². The van der Waals surface area contributed by atoms with Crippen LogP contribution in [-0.4, -0.2) is 13.7 Å². The molecule has 0 saturated carbocycles. The molecule has 124 valence electrons. The fourth-order valence-corrected chi connectivity index (χ4v) is 2.84. The monoisotopic (exact) mass is 377 g/mol. The maximum absolute atomic E-state index is 5.93. The fraction of sp³-hybridized carbons (Fsp3) is 0.368. The highest BCUT2D eigenvalue weighted by atomic mass is 79.9. The van der Waals surface area contributed by atoms with Gasteiger partial charge in [0.1, 0.15) is 0 Å². The van der Waals surface area contributed by atoms with E-state index in [9.17, 15) is 0 Å². The first-order valence-electron chi connectivity index (χ1n) is 7.93. The zero-order valence-corrected chi connectivity index (χ0v) is 15.5. The highest BCUT2D eigenvalue weighted by Gasteiger charge is 2.15.